The van der Waals surface area contributed by atoms with Gasteiger partial charge in [-0.1, -0.05) is 212 Å². The zero-order valence-corrected chi connectivity index (χ0v) is 52.1. The molecule has 414 valence electrons. The Morgan fingerprint density at radius 3 is 1.24 bits per heavy atom. The lowest BCUT2D eigenvalue weighted by atomic mass is 9.33. The van der Waals surface area contributed by atoms with Crippen LogP contribution in [0.15, 0.2) is 176 Å². The molecule has 12 rings (SSSR count). The molecule has 9 aromatic carbocycles. The van der Waals surface area contributed by atoms with Gasteiger partial charge in [-0.3, -0.25) is 0 Å². The van der Waals surface area contributed by atoms with Gasteiger partial charge in [0.05, 0.1) is 5.69 Å². The van der Waals surface area contributed by atoms with Crippen molar-refractivity contribution in [3.63, 3.8) is 0 Å². The fourth-order valence-electron chi connectivity index (χ4n) is 13.2. The molecule has 0 spiro atoms. The topological polar surface area (TPSA) is 14.7 Å². The molecule has 0 N–H and O–H groups in total. The van der Waals surface area contributed by atoms with Crippen LogP contribution in [-0.2, 0) is 34.1 Å². The monoisotopic (exact) mass is 1070 g/mol. The second-order valence-electron chi connectivity index (χ2n) is 29.1. The van der Waals surface area contributed by atoms with Crippen LogP contribution >= 0.6 is 0 Å². The maximum absolute atomic E-state index is 2.65. The quantitative estimate of drug-likeness (QED) is 0.154. The summed E-state index contributed by atoms with van der Waals surface area (Å²) < 4.78 is 2.52. The Bertz CT molecular complexity index is 4050. The molecule has 82 heavy (non-hydrogen) atoms. The van der Waals surface area contributed by atoms with Gasteiger partial charge in [0.15, 0.2) is 0 Å². The van der Waals surface area contributed by atoms with Gasteiger partial charge in [-0.25, -0.2) is 0 Å². The highest BCUT2D eigenvalue weighted by Gasteiger charge is 2.47. The lowest BCUT2D eigenvalue weighted by molar-refractivity contribution is 0.590. The van der Waals surface area contributed by atoms with Crippen molar-refractivity contribution in [3.05, 3.63) is 215 Å². The molecule has 10 aromatic rings. The van der Waals surface area contributed by atoms with Gasteiger partial charge in [0.25, 0.3) is 6.71 Å². The molecule has 0 unspecified atom stereocenters. The number of para-hydroxylation sites is 1. The number of hydrogen-bond donors (Lipinski definition) is 0. The van der Waals surface area contributed by atoms with Gasteiger partial charge in [-0.2, -0.15) is 0 Å². The summed E-state index contributed by atoms with van der Waals surface area (Å²) in [5, 5.41) is 2.47. The molecule has 0 radical (unpaired) electrons. The van der Waals surface area contributed by atoms with E-state index in [1.807, 2.05) is 0 Å². The number of fused-ring (bicyclic) bond motifs is 8. The second-order valence-corrected chi connectivity index (χ2v) is 29.1. The Balaban J connectivity index is 1.28. The fraction of sp³-hybridized carbons (Fsp3) is 0.299. The van der Waals surface area contributed by atoms with E-state index in [0.29, 0.717) is 0 Å². The summed E-state index contributed by atoms with van der Waals surface area (Å²) in [6, 6.07) is 68.9. The SMILES string of the molecule is Cc1cc(C)cc(-c2cc3c4c(c2)N(c2ccc(C(C)(C)C)cc2)c2cc(N(c5ccc(C(C)(C)C)cc5)c5ccc(C(C)(C)C)cc5)c5c6ccccc6n(C)c5c2B4c2cc(C(C)(C)C)ccc2N3c2ccc(C(C)(C)C)cc2)c1. The van der Waals surface area contributed by atoms with Crippen molar-refractivity contribution >= 4 is 96.1 Å². The van der Waals surface area contributed by atoms with E-state index in [-0.39, 0.29) is 33.8 Å². The van der Waals surface area contributed by atoms with Crippen LogP contribution in [0.25, 0.3) is 32.9 Å². The number of aryl methyl sites for hydroxylation is 3. The third-order valence-electron chi connectivity index (χ3n) is 17.8. The summed E-state index contributed by atoms with van der Waals surface area (Å²) in [4.78, 5) is 7.79. The maximum atomic E-state index is 2.65. The number of rotatable bonds is 6. The van der Waals surface area contributed by atoms with Gasteiger partial charge in [-0.05, 0) is 175 Å². The molecule has 0 amide bonds. The van der Waals surface area contributed by atoms with Crippen molar-refractivity contribution in [2.45, 2.75) is 145 Å². The van der Waals surface area contributed by atoms with Crippen LogP contribution in [0.2, 0.25) is 0 Å². The van der Waals surface area contributed by atoms with E-state index in [4.69, 9.17) is 0 Å². The first-order valence-electron chi connectivity index (χ1n) is 29.8. The van der Waals surface area contributed by atoms with Gasteiger partial charge < -0.3 is 19.3 Å². The molecule has 0 aliphatic carbocycles. The Labute approximate surface area is 490 Å². The van der Waals surface area contributed by atoms with E-state index < -0.39 is 0 Å². The molecule has 0 bridgehead atoms. The minimum Gasteiger partial charge on any atom is -0.344 e. The predicted molar refractivity (Wildman–Crippen MR) is 358 cm³/mol. The molecule has 5 heteroatoms. The number of anilines is 9. The Morgan fingerprint density at radius 1 is 0.378 bits per heavy atom. The highest BCUT2D eigenvalue weighted by Crippen LogP contribution is 2.52. The van der Waals surface area contributed by atoms with Crippen LogP contribution in [0.1, 0.15) is 143 Å². The van der Waals surface area contributed by atoms with E-state index >= 15 is 0 Å². The number of aromatic nitrogens is 1. The van der Waals surface area contributed by atoms with Gasteiger partial charge in [0.1, 0.15) is 0 Å². The Morgan fingerprint density at radius 2 is 0.780 bits per heavy atom. The molecular weight excluding hydrogens is 992 g/mol. The van der Waals surface area contributed by atoms with Crippen LogP contribution in [0, 0.1) is 13.8 Å². The van der Waals surface area contributed by atoms with Crippen LogP contribution in [-0.4, -0.2) is 11.3 Å². The van der Waals surface area contributed by atoms with Crippen LogP contribution in [0.3, 0.4) is 0 Å². The minimum atomic E-state index is -0.147. The molecular formula is C77H83BN4. The smallest absolute Gasteiger partial charge is 0.254 e. The van der Waals surface area contributed by atoms with E-state index in [1.54, 1.807) is 0 Å². The first-order chi connectivity index (χ1) is 38.6. The number of hydrogen-bond acceptors (Lipinski definition) is 3. The summed E-state index contributed by atoms with van der Waals surface area (Å²) in [6.07, 6.45) is 0. The lowest BCUT2D eigenvalue weighted by Crippen LogP contribution is -2.62. The average Bonchev–Trinajstić information content (AvgIpc) is 3.08. The molecule has 1 aromatic heterocycles. The third kappa shape index (κ3) is 9.33. The predicted octanol–water partition coefficient (Wildman–Crippen LogP) is 19.7. The van der Waals surface area contributed by atoms with E-state index in [1.165, 1.54) is 111 Å². The van der Waals surface area contributed by atoms with E-state index in [2.05, 4.69) is 320 Å². The fourth-order valence-corrected chi connectivity index (χ4v) is 13.2. The van der Waals surface area contributed by atoms with Crippen LogP contribution < -0.4 is 31.1 Å². The number of nitrogens with zero attached hydrogens (tertiary/aromatic N) is 4. The van der Waals surface area contributed by atoms with E-state index in [9.17, 15) is 0 Å². The molecule has 4 nitrogen and oxygen atoms in total. The van der Waals surface area contributed by atoms with Gasteiger partial charge in [-0.15, -0.1) is 0 Å². The van der Waals surface area contributed by atoms with Crippen LogP contribution in [0.5, 0.6) is 0 Å². The van der Waals surface area contributed by atoms with Crippen LogP contribution in [0.4, 0.5) is 51.2 Å². The molecule has 0 saturated carbocycles. The first-order valence-corrected chi connectivity index (χ1v) is 29.8. The van der Waals surface area contributed by atoms with Crippen molar-refractivity contribution in [1.29, 1.82) is 0 Å². The van der Waals surface area contributed by atoms with Gasteiger partial charge in [0, 0.05) is 74.4 Å². The zero-order chi connectivity index (χ0) is 58.3. The van der Waals surface area contributed by atoms with E-state index in [0.717, 1.165) is 28.4 Å². The summed E-state index contributed by atoms with van der Waals surface area (Å²) in [5.41, 5.74) is 28.1. The summed E-state index contributed by atoms with van der Waals surface area (Å²) >= 11 is 0. The van der Waals surface area contributed by atoms with Crippen molar-refractivity contribution in [2.75, 3.05) is 14.7 Å². The van der Waals surface area contributed by atoms with Gasteiger partial charge >= 0.3 is 0 Å². The van der Waals surface area contributed by atoms with Crippen molar-refractivity contribution in [2.24, 2.45) is 7.05 Å². The standard InChI is InChI=1S/C77H83BN4/c1-48-41-49(2)43-50(42-48)51-44-66-70-67(45-51)82(60-38-29-55(30-39-60)76(12,13)14)68-47-65(80(57-32-23-52(24-33-57)73(3,4)5)58-34-25-53(26-35-58)74(6,7)8)69-61-21-19-20-22-63(61)79(18)72(69)71(68)78(70)62-46-56(77(15,16)17)31-40-64(62)81(66)59-36-27-54(28-37-59)75(9,10)11/h19-47H,1-18H3. The molecule has 2 aliphatic rings. The first kappa shape index (κ1) is 54.8. The summed E-state index contributed by atoms with van der Waals surface area (Å²) in [5.74, 6) is 0. The Kier molecular flexibility index (Phi) is 12.8. The molecule has 0 fully saturated rings. The third-order valence-corrected chi connectivity index (χ3v) is 17.8. The van der Waals surface area contributed by atoms with Crippen molar-refractivity contribution in [1.82, 2.24) is 4.57 Å². The highest BCUT2D eigenvalue weighted by molar-refractivity contribution is 7.01. The zero-order valence-electron chi connectivity index (χ0n) is 52.1. The molecule has 0 atom stereocenters. The average molecular weight is 1080 g/mol. The summed E-state index contributed by atoms with van der Waals surface area (Å²) in [7, 11) is 2.32. The highest BCUT2D eigenvalue weighted by atomic mass is 15.2. The van der Waals surface area contributed by atoms with Crippen molar-refractivity contribution in [3.8, 4) is 11.1 Å². The van der Waals surface area contributed by atoms with Crippen molar-refractivity contribution < 1.29 is 0 Å². The minimum absolute atomic E-state index is 0.00404. The largest absolute Gasteiger partial charge is 0.344 e. The summed E-state index contributed by atoms with van der Waals surface area (Å²) in [6.45, 7) is 39.1. The maximum Gasteiger partial charge on any atom is 0.254 e. The number of benzene rings is 9. The lowest BCUT2D eigenvalue weighted by Gasteiger charge is -2.45. The Hall–Kier alpha value is -7.76. The molecule has 3 heterocycles. The molecule has 2 aliphatic heterocycles. The molecule has 0 saturated heterocycles. The van der Waals surface area contributed by atoms with Gasteiger partial charge in [0.2, 0.25) is 0 Å². The second kappa shape index (κ2) is 19.2. The normalized spacial score (nSPS) is 13.7.